The Balaban J connectivity index is 0.00000261. The number of hydrogen-bond acceptors (Lipinski definition) is 3. The van der Waals surface area contributed by atoms with Crippen LogP contribution in [-0.4, -0.2) is 68.2 Å². The summed E-state index contributed by atoms with van der Waals surface area (Å²) in [5.41, 5.74) is 1.41. The molecule has 1 N–H and O–H groups in total. The third kappa shape index (κ3) is 7.58. The molecule has 0 bridgehead atoms. The second-order valence-corrected chi connectivity index (χ2v) is 7.35. The maximum absolute atomic E-state index is 6.10. The molecule has 0 unspecified atom stereocenters. The lowest BCUT2D eigenvalue weighted by Crippen LogP contribution is -2.40. The standard InChI is InChI=1S/C21H34N4O.HI/c1-22-21(25-13-5-6-14-25)23-12-7-17-26-20-10-15-24(16-11-20)18-19-8-3-2-4-9-19;/h2-4,8-9,20H,5-7,10-18H2,1H3,(H,22,23);1H. The van der Waals surface area contributed by atoms with E-state index in [0.29, 0.717) is 6.10 Å². The van der Waals surface area contributed by atoms with Gasteiger partial charge in [-0.25, -0.2) is 0 Å². The van der Waals surface area contributed by atoms with Crippen LogP contribution in [0.1, 0.15) is 37.7 Å². The van der Waals surface area contributed by atoms with E-state index in [9.17, 15) is 0 Å². The molecule has 2 heterocycles. The van der Waals surface area contributed by atoms with Crippen LogP contribution in [0.5, 0.6) is 0 Å². The van der Waals surface area contributed by atoms with Crippen molar-refractivity contribution < 1.29 is 4.74 Å². The molecular weight excluding hydrogens is 451 g/mol. The van der Waals surface area contributed by atoms with Crippen molar-refractivity contribution in [3.05, 3.63) is 35.9 Å². The average Bonchev–Trinajstić information content (AvgIpc) is 3.21. The van der Waals surface area contributed by atoms with Gasteiger partial charge in [-0.2, -0.15) is 0 Å². The van der Waals surface area contributed by atoms with Gasteiger partial charge in [0.1, 0.15) is 0 Å². The Hall–Kier alpha value is -0.860. The van der Waals surface area contributed by atoms with Gasteiger partial charge in [0.15, 0.2) is 5.96 Å². The summed E-state index contributed by atoms with van der Waals surface area (Å²) in [6, 6.07) is 10.8. The highest BCUT2D eigenvalue weighted by molar-refractivity contribution is 14.0. The summed E-state index contributed by atoms with van der Waals surface area (Å²) in [7, 11) is 1.88. The number of hydrogen-bond donors (Lipinski definition) is 1. The van der Waals surface area contributed by atoms with Gasteiger partial charge in [-0.05, 0) is 37.7 Å². The second-order valence-electron chi connectivity index (χ2n) is 7.35. The van der Waals surface area contributed by atoms with Crippen molar-refractivity contribution in [3.63, 3.8) is 0 Å². The third-order valence-electron chi connectivity index (χ3n) is 5.36. The van der Waals surface area contributed by atoms with E-state index >= 15 is 0 Å². The summed E-state index contributed by atoms with van der Waals surface area (Å²) in [4.78, 5) is 9.27. The van der Waals surface area contributed by atoms with E-state index in [1.807, 2.05) is 7.05 Å². The summed E-state index contributed by atoms with van der Waals surface area (Å²) in [6.45, 7) is 7.39. The van der Waals surface area contributed by atoms with Crippen molar-refractivity contribution in [1.29, 1.82) is 0 Å². The maximum Gasteiger partial charge on any atom is 0.193 e. The Morgan fingerprint density at radius 3 is 2.48 bits per heavy atom. The molecule has 2 fully saturated rings. The molecule has 1 aromatic carbocycles. The number of halogens is 1. The van der Waals surface area contributed by atoms with Crippen LogP contribution in [-0.2, 0) is 11.3 Å². The number of nitrogens with one attached hydrogen (secondary N) is 1. The summed E-state index contributed by atoms with van der Waals surface area (Å²) < 4.78 is 6.10. The lowest BCUT2D eigenvalue weighted by atomic mass is 10.1. The van der Waals surface area contributed by atoms with E-state index in [0.717, 1.165) is 71.1 Å². The van der Waals surface area contributed by atoms with Crippen LogP contribution in [0.25, 0.3) is 0 Å². The van der Waals surface area contributed by atoms with Crippen molar-refractivity contribution in [1.82, 2.24) is 15.1 Å². The SMILES string of the molecule is CN=C(NCCCOC1CCN(Cc2ccccc2)CC1)N1CCCC1.I. The van der Waals surface area contributed by atoms with Crippen molar-refractivity contribution in [2.45, 2.75) is 44.8 Å². The first-order valence-electron chi connectivity index (χ1n) is 10.2. The van der Waals surface area contributed by atoms with Crippen molar-refractivity contribution in [2.24, 2.45) is 4.99 Å². The molecule has 3 rings (SSSR count). The lowest BCUT2D eigenvalue weighted by Gasteiger charge is -2.32. The number of nitrogens with zero attached hydrogens (tertiary/aromatic N) is 3. The van der Waals surface area contributed by atoms with E-state index < -0.39 is 0 Å². The topological polar surface area (TPSA) is 40.1 Å². The highest BCUT2D eigenvalue weighted by atomic mass is 127. The van der Waals surface area contributed by atoms with Crippen LogP contribution >= 0.6 is 24.0 Å². The minimum Gasteiger partial charge on any atom is -0.378 e. The van der Waals surface area contributed by atoms with Gasteiger partial charge in [0.25, 0.3) is 0 Å². The molecule has 0 atom stereocenters. The minimum absolute atomic E-state index is 0. The summed E-state index contributed by atoms with van der Waals surface area (Å²) in [5, 5.41) is 3.47. The van der Waals surface area contributed by atoms with Gasteiger partial charge in [0.05, 0.1) is 6.10 Å². The zero-order valence-corrected chi connectivity index (χ0v) is 18.9. The van der Waals surface area contributed by atoms with E-state index in [1.54, 1.807) is 0 Å². The molecule has 0 amide bonds. The normalized spacial score (nSPS) is 19.1. The predicted molar refractivity (Wildman–Crippen MR) is 123 cm³/mol. The Labute approximate surface area is 181 Å². The predicted octanol–water partition coefficient (Wildman–Crippen LogP) is 3.35. The van der Waals surface area contributed by atoms with E-state index in [1.165, 1.54) is 18.4 Å². The van der Waals surface area contributed by atoms with Gasteiger partial charge in [0, 0.05) is 52.9 Å². The zero-order valence-electron chi connectivity index (χ0n) is 16.6. The number of likely N-dealkylation sites (tertiary alicyclic amines) is 2. The van der Waals surface area contributed by atoms with Crippen molar-refractivity contribution >= 4 is 29.9 Å². The van der Waals surface area contributed by atoms with Crippen LogP contribution in [0.3, 0.4) is 0 Å². The van der Waals surface area contributed by atoms with E-state index in [4.69, 9.17) is 4.74 Å². The molecule has 0 radical (unpaired) electrons. The molecule has 2 saturated heterocycles. The first kappa shape index (κ1) is 22.4. The lowest BCUT2D eigenvalue weighted by molar-refractivity contribution is 0.00531. The molecule has 0 saturated carbocycles. The fourth-order valence-electron chi connectivity index (χ4n) is 3.86. The highest BCUT2D eigenvalue weighted by Gasteiger charge is 2.19. The molecule has 2 aliphatic rings. The smallest absolute Gasteiger partial charge is 0.193 e. The number of piperidine rings is 1. The van der Waals surface area contributed by atoms with E-state index in [2.05, 4.69) is 50.4 Å². The monoisotopic (exact) mass is 486 g/mol. The molecule has 0 aromatic heterocycles. The third-order valence-corrected chi connectivity index (χ3v) is 5.36. The van der Waals surface area contributed by atoms with Crippen LogP contribution in [0.15, 0.2) is 35.3 Å². The van der Waals surface area contributed by atoms with Gasteiger partial charge in [0.2, 0.25) is 0 Å². The van der Waals surface area contributed by atoms with Crippen LogP contribution in [0, 0.1) is 0 Å². The van der Waals surface area contributed by atoms with Gasteiger partial charge in [-0.3, -0.25) is 9.89 Å². The van der Waals surface area contributed by atoms with Gasteiger partial charge in [-0.1, -0.05) is 30.3 Å². The number of aliphatic imine (C=N–C) groups is 1. The fraction of sp³-hybridized carbons (Fsp3) is 0.667. The van der Waals surface area contributed by atoms with Gasteiger partial charge in [-0.15, -0.1) is 24.0 Å². The Kier molecular flexibility index (Phi) is 10.4. The molecule has 152 valence electrons. The summed E-state index contributed by atoms with van der Waals surface area (Å²) in [5.74, 6) is 1.05. The molecule has 27 heavy (non-hydrogen) atoms. The number of ether oxygens (including phenoxy) is 1. The fourth-order valence-corrected chi connectivity index (χ4v) is 3.86. The Bertz CT molecular complexity index is 540. The second kappa shape index (κ2) is 12.6. The van der Waals surface area contributed by atoms with Crippen molar-refractivity contribution in [2.75, 3.05) is 46.4 Å². The average molecular weight is 486 g/mol. The van der Waals surface area contributed by atoms with Crippen molar-refractivity contribution in [3.8, 4) is 0 Å². The number of benzene rings is 1. The minimum atomic E-state index is 0. The highest BCUT2D eigenvalue weighted by Crippen LogP contribution is 2.16. The summed E-state index contributed by atoms with van der Waals surface area (Å²) >= 11 is 0. The largest absolute Gasteiger partial charge is 0.378 e. The molecule has 2 aliphatic heterocycles. The molecular formula is C21H35IN4O. The molecule has 6 heteroatoms. The molecule has 5 nitrogen and oxygen atoms in total. The first-order chi connectivity index (χ1) is 12.8. The van der Waals surface area contributed by atoms with Crippen LogP contribution in [0.2, 0.25) is 0 Å². The maximum atomic E-state index is 6.10. The van der Waals surface area contributed by atoms with Crippen LogP contribution in [0.4, 0.5) is 0 Å². The molecule has 0 spiro atoms. The number of rotatable bonds is 7. The molecule has 1 aromatic rings. The Morgan fingerprint density at radius 2 is 1.81 bits per heavy atom. The molecule has 0 aliphatic carbocycles. The Morgan fingerprint density at radius 1 is 1.11 bits per heavy atom. The number of guanidine groups is 1. The van der Waals surface area contributed by atoms with Crippen LogP contribution < -0.4 is 5.32 Å². The summed E-state index contributed by atoms with van der Waals surface area (Å²) in [6.07, 6.45) is 6.34. The van der Waals surface area contributed by atoms with E-state index in [-0.39, 0.29) is 24.0 Å². The first-order valence-corrected chi connectivity index (χ1v) is 10.2. The van der Waals surface area contributed by atoms with Gasteiger partial charge >= 0.3 is 0 Å². The van der Waals surface area contributed by atoms with Gasteiger partial charge < -0.3 is 15.0 Å². The quantitative estimate of drug-likeness (QED) is 0.278. The zero-order chi connectivity index (χ0) is 18.0.